The second kappa shape index (κ2) is 6.32. The standard InChI is InChI=1S/C15H18O5/c1-10(16)20-9-12(14(18)19-4)7-11-8-15(2,3)6-5-13(11)17/h5-8H,9H2,1-4H3/b12-7+. The van der Waals surface area contributed by atoms with Crippen LogP contribution in [-0.4, -0.2) is 31.4 Å². The van der Waals surface area contributed by atoms with Gasteiger partial charge in [-0.3, -0.25) is 9.59 Å². The van der Waals surface area contributed by atoms with Gasteiger partial charge in [-0.15, -0.1) is 0 Å². The third-order valence-corrected chi connectivity index (χ3v) is 2.68. The van der Waals surface area contributed by atoms with Gasteiger partial charge in [-0.1, -0.05) is 26.0 Å². The second-order valence-electron chi connectivity index (χ2n) is 5.06. The minimum absolute atomic E-state index is 0.119. The van der Waals surface area contributed by atoms with E-state index in [-0.39, 0.29) is 23.4 Å². The van der Waals surface area contributed by atoms with E-state index in [0.29, 0.717) is 5.57 Å². The van der Waals surface area contributed by atoms with E-state index in [1.165, 1.54) is 26.2 Å². The molecule has 0 aromatic heterocycles. The van der Waals surface area contributed by atoms with Crippen molar-refractivity contribution in [2.75, 3.05) is 13.7 Å². The largest absolute Gasteiger partial charge is 0.466 e. The van der Waals surface area contributed by atoms with Crippen molar-refractivity contribution >= 4 is 17.7 Å². The van der Waals surface area contributed by atoms with Crippen molar-refractivity contribution in [3.63, 3.8) is 0 Å². The van der Waals surface area contributed by atoms with E-state index in [4.69, 9.17) is 4.74 Å². The summed E-state index contributed by atoms with van der Waals surface area (Å²) in [7, 11) is 1.23. The van der Waals surface area contributed by atoms with Gasteiger partial charge in [-0.05, 0) is 12.2 Å². The van der Waals surface area contributed by atoms with Crippen molar-refractivity contribution in [1.82, 2.24) is 0 Å². The summed E-state index contributed by atoms with van der Waals surface area (Å²) in [6.07, 6.45) is 6.41. The van der Waals surface area contributed by atoms with Gasteiger partial charge in [-0.25, -0.2) is 4.79 Å². The molecule has 0 saturated carbocycles. The zero-order chi connectivity index (χ0) is 15.3. The minimum atomic E-state index is -0.632. The maximum absolute atomic E-state index is 11.8. The Morgan fingerprint density at radius 2 is 2.00 bits per heavy atom. The molecule has 5 heteroatoms. The van der Waals surface area contributed by atoms with Crippen LogP contribution in [0.4, 0.5) is 0 Å². The highest BCUT2D eigenvalue weighted by Gasteiger charge is 2.21. The lowest BCUT2D eigenvalue weighted by atomic mass is 9.84. The molecular weight excluding hydrogens is 260 g/mol. The fourth-order valence-corrected chi connectivity index (χ4v) is 1.68. The van der Waals surface area contributed by atoms with Crippen LogP contribution in [0.5, 0.6) is 0 Å². The van der Waals surface area contributed by atoms with E-state index < -0.39 is 11.9 Å². The Bertz CT molecular complexity index is 520. The van der Waals surface area contributed by atoms with Gasteiger partial charge in [0.05, 0.1) is 12.7 Å². The molecule has 0 fully saturated rings. The third-order valence-electron chi connectivity index (χ3n) is 2.68. The Kier molecular flexibility index (Phi) is 5.02. The topological polar surface area (TPSA) is 69.7 Å². The van der Waals surface area contributed by atoms with Crippen molar-refractivity contribution in [2.24, 2.45) is 5.41 Å². The van der Waals surface area contributed by atoms with E-state index in [2.05, 4.69) is 4.74 Å². The number of carbonyl (C=O) groups is 3. The number of ether oxygens (including phenoxy) is 2. The van der Waals surface area contributed by atoms with Crippen molar-refractivity contribution in [2.45, 2.75) is 20.8 Å². The minimum Gasteiger partial charge on any atom is -0.466 e. The van der Waals surface area contributed by atoms with E-state index in [9.17, 15) is 14.4 Å². The van der Waals surface area contributed by atoms with Crippen LogP contribution >= 0.6 is 0 Å². The molecular formula is C15H18O5. The fourth-order valence-electron chi connectivity index (χ4n) is 1.68. The summed E-state index contributed by atoms with van der Waals surface area (Å²) in [4.78, 5) is 34.3. The van der Waals surface area contributed by atoms with Crippen LogP contribution in [0.1, 0.15) is 20.8 Å². The Hall–Kier alpha value is -2.17. The smallest absolute Gasteiger partial charge is 0.337 e. The number of ketones is 1. The maximum Gasteiger partial charge on any atom is 0.337 e. The van der Waals surface area contributed by atoms with Crippen LogP contribution in [-0.2, 0) is 23.9 Å². The van der Waals surface area contributed by atoms with E-state index in [0.717, 1.165) is 0 Å². The first-order valence-electron chi connectivity index (χ1n) is 6.14. The van der Waals surface area contributed by atoms with E-state index in [1.54, 1.807) is 12.2 Å². The summed E-state index contributed by atoms with van der Waals surface area (Å²) in [5.41, 5.74) is 0.223. The average molecular weight is 278 g/mol. The monoisotopic (exact) mass is 278 g/mol. The molecule has 0 heterocycles. The summed E-state index contributed by atoms with van der Waals surface area (Å²) in [6, 6.07) is 0. The lowest BCUT2D eigenvalue weighted by molar-refractivity contribution is -0.142. The van der Waals surface area contributed by atoms with Gasteiger partial charge in [0.25, 0.3) is 0 Å². The Morgan fingerprint density at radius 1 is 1.35 bits per heavy atom. The highest BCUT2D eigenvalue weighted by atomic mass is 16.5. The van der Waals surface area contributed by atoms with Crippen molar-refractivity contribution in [3.8, 4) is 0 Å². The van der Waals surface area contributed by atoms with Gasteiger partial charge in [0, 0.05) is 17.9 Å². The second-order valence-corrected chi connectivity index (χ2v) is 5.06. The molecule has 0 aliphatic heterocycles. The van der Waals surface area contributed by atoms with E-state index >= 15 is 0 Å². The molecule has 0 aromatic carbocycles. The zero-order valence-electron chi connectivity index (χ0n) is 12.1. The van der Waals surface area contributed by atoms with Gasteiger partial charge in [-0.2, -0.15) is 0 Å². The quantitative estimate of drug-likeness (QED) is 0.578. The molecule has 20 heavy (non-hydrogen) atoms. The first kappa shape index (κ1) is 15.9. The van der Waals surface area contributed by atoms with Crippen LogP contribution in [0.15, 0.2) is 35.5 Å². The molecule has 0 saturated heterocycles. The van der Waals surface area contributed by atoms with Crippen LogP contribution < -0.4 is 0 Å². The molecule has 0 bridgehead atoms. The molecule has 0 aromatic rings. The summed E-state index contributed by atoms with van der Waals surface area (Å²) >= 11 is 0. The highest BCUT2D eigenvalue weighted by Crippen LogP contribution is 2.26. The number of esters is 2. The SMILES string of the molecule is COC(=O)/C(=C/C1=CC(C)(C)C=CC1=O)COC(C)=O. The third kappa shape index (κ3) is 4.50. The van der Waals surface area contributed by atoms with Crippen molar-refractivity contribution < 1.29 is 23.9 Å². The van der Waals surface area contributed by atoms with Crippen LogP contribution in [0.3, 0.4) is 0 Å². The first-order chi connectivity index (χ1) is 9.25. The van der Waals surface area contributed by atoms with Gasteiger partial charge in [0.2, 0.25) is 0 Å². The fraction of sp³-hybridized carbons (Fsp3) is 0.400. The van der Waals surface area contributed by atoms with Crippen molar-refractivity contribution in [3.05, 3.63) is 35.5 Å². The number of allylic oxidation sites excluding steroid dienone is 5. The highest BCUT2D eigenvalue weighted by molar-refractivity contribution is 6.08. The lowest BCUT2D eigenvalue weighted by Crippen LogP contribution is -2.17. The summed E-state index contributed by atoms with van der Waals surface area (Å²) in [5, 5.41) is 0. The Morgan fingerprint density at radius 3 is 2.55 bits per heavy atom. The molecule has 108 valence electrons. The number of carbonyl (C=O) groups excluding carboxylic acids is 3. The molecule has 5 nitrogen and oxygen atoms in total. The molecule has 1 rings (SSSR count). The molecule has 0 radical (unpaired) electrons. The van der Waals surface area contributed by atoms with Crippen LogP contribution in [0, 0.1) is 5.41 Å². The summed E-state index contributed by atoms with van der Waals surface area (Å²) < 4.78 is 9.41. The number of rotatable bonds is 4. The van der Waals surface area contributed by atoms with Crippen molar-refractivity contribution in [1.29, 1.82) is 0 Å². The predicted octanol–water partition coefficient (Wildman–Crippen LogP) is 1.74. The molecule has 1 aliphatic carbocycles. The summed E-state index contributed by atoms with van der Waals surface area (Å²) in [5.74, 6) is -1.34. The number of methoxy groups -OCH3 is 1. The van der Waals surface area contributed by atoms with Crippen LogP contribution in [0.2, 0.25) is 0 Å². The Labute approximate surface area is 117 Å². The molecule has 0 spiro atoms. The zero-order valence-corrected chi connectivity index (χ0v) is 12.1. The lowest BCUT2D eigenvalue weighted by Gasteiger charge is -2.20. The average Bonchev–Trinajstić information content (AvgIpc) is 2.37. The molecule has 1 aliphatic rings. The van der Waals surface area contributed by atoms with Crippen LogP contribution in [0.25, 0.3) is 0 Å². The summed E-state index contributed by atoms with van der Waals surface area (Å²) in [6.45, 7) is 4.89. The predicted molar refractivity (Wildman–Crippen MR) is 72.7 cm³/mol. The van der Waals surface area contributed by atoms with E-state index in [1.807, 2.05) is 13.8 Å². The molecule has 0 amide bonds. The maximum atomic E-state index is 11.8. The molecule has 0 unspecified atom stereocenters. The molecule has 0 atom stereocenters. The molecule has 0 N–H and O–H groups in total. The number of hydrogen-bond donors (Lipinski definition) is 0. The normalized spacial score (nSPS) is 17.5. The van der Waals surface area contributed by atoms with Gasteiger partial charge in [0.1, 0.15) is 6.61 Å². The van der Waals surface area contributed by atoms with Gasteiger partial charge in [0.15, 0.2) is 5.78 Å². The van der Waals surface area contributed by atoms with Gasteiger partial charge >= 0.3 is 11.9 Å². The number of hydrogen-bond acceptors (Lipinski definition) is 5. The van der Waals surface area contributed by atoms with Gasteiger partial charge < -0.3 is 9.47 Å². The Balaban J connectivity index is 3.06. The first-order valence-corrected chi connectivity index (χ1v) is 6.14.